The van der Waals surface area contributed by atoms with Crippen LogP contribution in [0.2, 0.25) is 5.02 Å². The summed E-state index contributed by atoms with van der Waals surface area (Å²) in [6.45, 7) is 0.449. The number of aromatic nitrogens is 4. The number of nitrogens with zero attached hydrogens (tertiary/aromatic N) is 4. The highest BCUT2D eigenvalue weighted by atomic mass is 35.5. The van der Waals surface area contributed by atoms with Crippen molar-refractivity contribution >= 4 is 23.0 Å². The number of carbonyl (C=O) groups excluding carboxylic acids is 1. The number of primary amides is 1. The Bertz CT molecular complexity index is 760. The van der Waals surface area contributed by atoms with E-state index in [1.54, 1.807) is 23.3 Å². The number of pyridine rings is 1. The molecule has 6 nitrogen and oxygen atoms in total. The Morgan fingerprint density at radius 2 is 2.32 bits per heavy atom. The van der Waals surface area contributed by atoms with Crippen LogP contribution in [-0.4, -0.2) is 25.1 Å². The molecule has 3 aromatic rings. The van der Waals surface area contributed by atoms with Crippen LogP contribution in [0.25, 0.3) is 5.52 Å². The predicted molar refractivity (Wildman–Crippen MR) is 70.0 cm³/mol. The molecule has 0 fully saturated rings. The number of amides is 1. The minimum atomic E-state index is -0.496. The molecule has 0 saturated heterocycles. The Morgan fingerprint density at radius 1 is 1.47 bits per heavy atom. The van der Waals surface area contributed by atoms with Gasteiger partial charge in [0, 0.05) is 17.4 Å². The fourth-order valence-electron chi connectivity index (χ4n) is 1.87. The Hall–Kier alpha value is -2.34. The minimum Gasteiger partial charge on any atom is -0.366 e. The molecule has 0 aromatic carbocycles. The van der Waals surface area contributed by atoms with Crippen molar-refractivity contribution in [1.82, 2.24) is 19.2 Å². The zero-order chi connectivity index (χ0) is 13.4. The van der Waals surface area contributed by atoms with Crippen molar-refractivity contribution in [2.45, 2.75) is 6.54 Å². The maximum Gasteiger partial charge on any atom is 0.251 e. The monoisotopic (exact) mass is 275 g/mol. The molecule has 3 heterocycles. The molecule has 0 aliphatic carbocycles. The zero-order valence-electron chi connectivity index (χ0n) is 9.82. The number of nitrogens with two attached hydrogens (primary N) is 1. The smallest absolute Gasteiger partial charge is 0.251 e. The van der Waals surface area contributed by atoms with E-state index in [0.29, 0.717) is 17.1 Å². The highest BCUT2D eigenvalue weighted by Gasteiger charge is 2.08. The van der Waals surface area contributed by atoms with Crippen molar-refractivity contribution in [3.63, 3.8) is 0 Å². The number of carbonyl (C=O) groups is 1. The summed E-state index contributed by atoms with van der Waals surface area (Å²) < 4.78 is 3.49. The first-order valence-corrected chi connectivity index (χ1v) is 5.94. The highest BCUT2D eigenvalue weighted by molar-refractivity contribution is 6.30. The Balaban J connectivity index is 1.96. The van der Waals surface area contributed by atoms with Crippen LogP contribution in [0.3, 0.4) is 0 Å². The number of rotatable bonds is 3. The van der Waals surface area contributed by atoms with Crippen LogP contribution < -0.4 is 5.73 Å². The Morgan fingerprint density at radius 3 is 3.05 bits per heavy atom. The molecule has 3 aromatic heterocycles. The average Bonchev–Trinajstić information content (AvgIpc) is 2.98. The number of hydrogen-bond acceptors (Lipinski definition) is 3. The number of imidazole rings is 1. The fraction of sp³-hybridized carbons (Fsp3) is 0.0833. The maximum atomic E-state index is 11.0. The first kappa shape index (κ1) is 11.7. The van der Waals surface area contributed by atoms with Gasteiger partial charge in [0.1, 0.15) is 0 Å². The van der Waals surface area contributed by atoms with Gasteiger partial charge in [0.15, 0.2) is 0 Å². The molecule has 0 aliphatic rings. The Labute approximate surface area is 113 Å². The van der Waals surface area contributed by atoms with E-state index in [9.17, 15) is 4.79 Å². The summed E-state index contributed by atoms with van der Waals surface area (Å²) in [4.78, 5) is 15.3. The van der Waals surface area contributed by atoms with Crippen LogP contribution in [0.15, 0.2) is 37.1 Å². The molecule has 0 bridgehead atoms. The summed E-state index contributed by atoms with van der Waals surface area (Å²) >= 11 is 5.97. The van der Waals surface area contributed by atoms with Crippen molar-refractivity contribution in [1.29, 1.82) is 0 Å². The van der Waals surface area contributed by atoms with E-state index in [1.807, 2.05) is 16.7 Å². The lowest BCUT2D eigenvalue weighted by Crippen LogP contribution is -2.09. The third-order valence-electron chi connectivity index (χ3n) is 2.81. The molecule has 0 unspecified atom stereocenters. The summed E-state index contributed by atoms with van der Waals surface area (Å²) in [7, 11) is 0. The lowest BCUT2D eigenvalue weighted by atomic mass is 10.3. The van der Waals surface area contributed by atoms with Crippen LogP contribution >= 0.6 is 11.6 Å². The molecule has 0 spiro atoms. The van der Waals surface area contributed by atoms with Crippen LogP contribution in [-0.2, 0) is 6.54 Å². The molecule has 2 N–H and O–H groups in total. The lowest BCUT2D eigenvalue weighted by Gasteiger charge is -2.00. The maximum absolute atomic E-state index is 11.0. The van der Waals surface area contributed by atoms with Gasteiger partial charge in [-0.3, -0.25) is 9.48 Å². The first-order chi connectivity index (χ1) is 9.13. The summed E-state index contributed by atoms with van der Waals surface area (Å²) in [6, 6.07) is 3.63. The molecule has 96 valence electrons. The van der Waals surface area contributed by atoms with Gasteiger partial charge in [-0.05, 0) is 12.1 Å². The Kier molecular flexibility index (Phi) is 2.72. The minimum absolute atomic E-state index is 0.376. The van der Waals surface area contributed by atoms with E-state index in [0.717, 1.165) is 11.2 Å². The van der Waals surface area contributed by atoms with Crippen LogP contribution in [0.1, 0.15) is 16.1 Å². The average molecular weight is 276 g/mol. The molecule has 19 heavy (non-hydrogen) atoms. The summed E-state index contributed by atoms with van der Waals surface area (Å²) in [6.07, 6.45) is 6.58. The van der Waals surface area contributed by atoms with E-state index in [4.69, 9.17) is 17.3 Å². The van der Waals surface area contributed by atoms with Gasteiger partial charge in [0.05, 0.1) is 35.8 Å². The molecular formula is C12H10ClN5O. The van der Waals surface area contributed by atoms with Crippen molar-refractivity contribution in [3.05, 3.63) is 53.3 Å². The second-order valence-electron chi connectivity index (χ2n) is 4.12. The van der Waals surface area contributed by atoms with E-state index < -0.39 is 5.91 Å². The number of hydrogen-bond donors (Lipinski definition) is 1. The van der Waals surface area contributed by atoms with Gasteiger partial charge in [0.25, 0.3) is 5.91 Å². The standard InChI is InChI=1S/C12H10ClN5O/c13-9-1-2-17-7-15-10(11(17)3-9)6-18-5-8(4-16-18)12(14)19/h1-5,7H,6H2,(H2,14,19). The topological polar surface area (TPSA) is 78.2 Å². The molecular weight excluding hydrogens is 266 g/mol. The largest absolute Gasteiger partial charge is 0.366 e. The second-order valence-corrected chi connectivity index (χ2v) is 4.56. The molecule has 0 aliphatic heterocycles. The fourth-order valence-corrected chi connectivity index (χ4v) is 2.03. The van der Waals surface area contributed by atoms with E-state index in [2.05, 4.69) is 10.1 Å². The SMILES string of the molecule is NC(=O)c1cnn(Cc2ncn3ccc(Cl)cc23)c1. The number of fused-ring (bicyclic) bond motifs is 1. The van der Waals surface area contributed by atoms with Gasteiger partial charge in [-0.1, -0.05) is 11.6 Å². The van der Waals surface area contributed by atoms with Gasteiger partial charge >= 0.3 is 0 Å². The first-order valence-electron chi connectivity index (χ1n) is 5.57. The lowest BCUT2D eigenvalue weighted by molar-refractivity contribution is 0.1000. The summed E-state index contributed by atoms with van der Waals surface area (Å²) in [5.74, 6) is -0.496. The van der Waals surface area contributed by atoms with Gasteiger partial charge in [-0.2, -0.15) is 5.10 Å². The van der Waals surface area contributed by atoms with E-state index in [1.165, 1.54) is 6.20 Å². The zero-order valence-corrected chi connectivity index (χ0v) is 10.6. The van der Waals surface area contributed by atoms with Crippen molar-refractivity contribution in [2.24, 2.45) is 5.73 Å². The third kappa shape index (κ3) is 2.17. The molecule has 7 heteroatoms. The van der Waals surface area contributed by atoms with Gasteiger partial charge in [0.2, 0.25) is 0 Å². The summed E-state index contributed by atoms with van der Waals surface area (Å²) in [5.41, 5.74) is 7.28. The quantitative estimate of drug-likeness (QED) is 0.783. The normalized spacial score (nSPS) is 11.0. The molecule has 3 rings (SSSR count). The van der Waals surface area contributed by atoms with Crippen molar-refractivity contribution in [3.8, 4) is 0 Å². The van der Waals surface area contributed by atoms with Crippen LogP contribution in [0.4, 0.5) is 0 Å². The van der Waals surface area contributed by atoms with E-state index in [-0.39, 0.29) is 0 Å². The third-order valence-corrected chi connectivity index (χ3v) is 3.05. The van der Waals surface area contributed by atoms with Gasteiger partial charge < -0.3 is 10.1 Å². The van der Waals surface area contributed by atoms with Gasteiger partial charge in [-0.25, -0.2) is 4.98 Å². The molecule has 0 atom stereocenters. The van der Waals surface area contributed by atoms with Gasteiger partial charge in [-0.15, -0.1) is 0 Å². The molecule has 0 saturated carbocycles. The van der Waals surface area contributed by atoms with Crippen molar-refractivity contribution < 1.29 is 4.79 Å². The predicted octanol–water partition coefficient (Wildman–Crippen LogP) is 1.33. The second kappa shape index (κ2) is 4.40. The number of halogens is 1. The van der Waals surface area contributed by atoms with Crippen LogP contribution in [0, 0.1) is 0 Å². The summed E-state index contributed by atoms with van der Waals surface area (Å²) in [5, 5.41) is 4.72. The van der Waals surface area contributed by atoms with Crippen molar-refractivity contribution in [2.75, 3.05) is 0 Å². The molecule has 1 amide bonds. The highest BCUT2D eigenvalue weighted by Crippen LogP contribution is 2.16. The van der Waals surface area contributed by atoms with E-state index >= 15 is 0 Å². The van der Waals surface area contributed by atoms with Crippen LogP contribution in [0.5, 0.6) is 0 Å². The molecule has 0 radical (unpaired) electrons.